The molecule has 0 heterocycles. The van der Waals surface area contributed by atoms with Crippen molar-refractivity contribution in [2.45, 2.75) is 18.7 Å². The SMILES string of the molecule is ClCCCc1cccc(CCl)c1Br. The molecule has 72 valence electrons. The molecule has 1 aromatic rings. The van der Waals surface area contributed by atoms with Crippen LogP contribution in [0.15, 0.2) is 22.7 Å². The average Bonchev–Trinajstić information content (AvgIpc) is 2.16. The first-order chi connectivity index (χ1) is 6.29. The van der Waals surface area contributed by atoms with Gasteiger partial charge >= 0.3 is 0 Å². The van der Waals surface area contributed by atoms with Crippen molar-refractivity contribution in [2.24, 2.45) is 0 Å². The van der Waals surface area contributed by atoms with E-state index in [0.717, 1.165) is 22.9 Å². The summed E-state index contributed by atoms with van der Waals surface area (Å²) >= 11 is 15.0. The van der Waals surface area contributed by atoms with Gasteiger partial charge in [-0.1, -0.05) is 34.1 Å². The molecule has 0 aromatic heterocycles. The first-order valence-corrected chi connectivity index (χ1v) is 6.04. The van der Waals surface area contributed by atoms with Crippen molar-refractivity contribution in [2.75, 3.05) is 5.88 Å². The van der Waals surface area contributed by atoms with E-state index >= 15 is 0 Å². The zero-order valence-electron chi connectivity index (χ0n) is 7.19. The normalized spacial score (nSPS) is 10.4. The molecule has 1 aromatic carbocycles. The Balaban J connectivity index is 2.81. The molecule has 0 N–H and O–H groups in total. The quantitative estimate of drug-likeness (QED) is 0.720. The van der Waals surface area contributed by atoms with Gasteiger partial charge in [0.2, 0.25) is 0 Å². The van der Waals surface area contributed by atoms with Crippen LogP contribution in [0.25, 0.3) is 0 Å². The highest BCUT2D eigenvalue weighted by Crippen LogP contribution is 2.24. The third-order valence-electron chi connectivity index (χ3n) is 1.88. The third-order valence-corrected chi connectivity index (χ3v) is 3.46. The molecule has 0 spiro atoms. The standard InChI is InChI=1S/C10H11BrCl2/c11-10-8(5-2-6-12)3-1-4-9(10)7-13/h1,3-4H,2,5-7H2. The molecule has 0 aliphatic carbocycles. The van der Waals surface area contributed by atoms with Gasteiger partial charge in [0.15, 0.2) is 0 Å². The molecule has 0 fully saturated rings. The van der Waals surface area contributed by atoms with E-state index in [1.165, 1.54) is 5.56 Å². The van der Waals surface area contributed by atoms with Crippen LogP contribution in [0.1, 0.15) is 17.5 Å². The summed E-state index contributed by atoms with van der Waals surface area (Å²) in [7, 11) is 0. The van der Waals surface area contributed by atoms with E-state index < -0.39 is 0 Å². The van der Waals surface area contributed by atoms with E-state index in [9.17, 15) is 0 Å². The van der Waals surface area contributed by atoms with Crippen LogP contribution in [0.3, 0.4) is 0 Å². The zero-order chi connectivity index (χ0) is 9.68. The lowest BCUT2D eigenvalue weighted by Gasteiger charge is -2.06. The first-order valence-electron chi connectivity index (χ1n) is 4.17. The Bertz CT molecular complexity index is 274. The van der Waals surface area contributed by atoms with Gasteiger partial charge in [0.05, 0.1) is 0 Å². The summed E-state index contributed by atoms with van der Waals surface area (Å²) < 4.78 is 1.13. The zero-order valence-corrected chi connectivity index (χ0v) is 10.3. The van der Waals surface area contributed by atoms with E-state index in [2.05, 4.69) is 22.0 Å². The van der Waals surface area contributed by atoms with Crippen molar-refractivity contribution in [3.63, 3.8) is 0 Å². The maximum Gasteiger partial charge on any atom is 0.0485 e. The van der Waals surface area contributed by atoms with Gasteiger partial charge in [-0.05, 0) is 24.0 Å². The fourth-order valence-corrected chi connectivity index (χ4v) is 2.31. The minimum atomic E-state index is 0.551. The molecule has 0 amide bonds. The molecule has 0 aliphatic rings. The van der Waals surface area contributed by atoms with Crippen LogP contribution in [0.5, 0.6) is 0 Å². The predicted molar refractivity (Wildman–Crippen MR) is 62.7 cm³/mol. The molecular formula is C10H11BrCl2. The van der Waals surface area contributed by atoms with Crippen LogP contribution in [-0.2, 0) is 12.3 Å². The third kappa shape index (κ3) is 3.16. The number of rotatable bonds is 4. The molecule has 0 bridgehead atoms. The molecule has 0 aliphatic heterocycles. The molecule has 0 saturated carbocycles. The van der Waals surface area contributed by atoms with E-state index in [4.69, 9.17) is 23.2 Å². The van der Waals surface area contributed by atoms with Crippen molar-refractivity contribution < 1.29 is 0 Å². The van der Waals surface area contributed by atoms with Crippen molar-refractivity contribution in [3.05, 3.63) is 33.8 Å². The summed E-state index contributed by atoms with van der Waals surface area (Å²) in [6, 6.07) is 6.17. The Morgan fingerprint density at radius 2 is 1.85 bits per heavy atom. The fraction of sp³-hybridized carbons (Fsp3) is 0.400. The fourth-order valence-electron chi connectivity index (χ4n) is 1.19. The van der Waals surface area contributed by atoms with Crippen LogP contribution in [0.4, 0.5) is 0 Å². The topological polar surface area (TPSA) is 0 Å². The van der Waals surface area contributed by atoms with Crippen molar-refractivity contribution in [3.8, 4) is 0 Å². The van der Waals surface area contributed by atoms with Crippen LogP contribution in [0, 0.1) is 0 Å². The Hall–Kier alpha value is 0.280. The van der Waals surface area contributed by atoms with Crippen LogP contribution in [-0.4, -0.2) is 5.88 Å². The van der Waals surface area contributed by atoms with Gasteiger partial charge in [-0.15, -0.1) is 23.2 Å². The van der Waals surface area contributed by atoms with Crippen molar-refractivity contribution in [1.82, 2.24) is 0 Å². The lowest BCUT2D eigenvalue weighted by atomic mass is 10.1. The highest BCUT2D eigenvalue weighted by molar-refractivity contribution is 9.10. The van der Waals surface area contributed by atoms with Gasteiger partial charge < -0.3 is 0 Å². The van der Waals surface area contributed by atoms with E-state index in [0.29, 0.717) is 11.8 Å². The number of aryl methyl sites for hydroxylation is 1. The highest BCUT2D eigenvalue weighted by Gasteiger charge is 2.03. The largest absolute Gasteiger partial charge is 0.127 e. The molecule has 0 radical (unpaired) electrons. The summed E-state index contributed by atoms with van der Waals surface area (Å²) in [4.78, 5) is 0. The smallest absolute Gasteiger partial charge is 0.0485 e. The first kappa shape index (κ1) is 11.4. The Morgan fingerprint density at radius 3 is 2.46 bits per heavy atom. The average molecular weight is 282 g/mol. The van der Waals surface area contributed by atoms with Gasteiger partial charge in [-0.25, -0.2) is 0 Å². The predicted octanol–water partition coefficient (Wildman–Crippen LogP) is 4.36. The second-order valence-corrected chi connectivity index (χ2v) is 4.25. The van der Waals surface area contributed by atoms with Crippen LogP contribution in [0.2, 0.25) is 0 Å². The molecule has 0 nitrogen and oxygen atoms in total. The molecule has 1 rings (SSSR count). The van der Waals surface area contributed by atoms with Crippen LogP contribution >= 0.6 is 39.1 Å². The van der Waals surface area contributed by atoms with Gasteiger partial charge in [0.25, 0.3) is 0 Å². The van der Waals surface area contributed by atoms with Gasteiger partial charge in [-0.2, -0.15) is 0 Å². The lowest BCUT2D eigenvalue weighted by molar-refractivity contribution is 0.921. The minimum absolute atomic E-state index is 0.551. The minimum Gasteiger partial charge on any atom is -0.127 e. The Morgan fingerprint density at radius 1 is 1.15 bits per heavy atom. The number of alkyl halides is 2. The molecule has 0 atom stereocenters. The van der Waals surface area contributed by atoms with Gasteiger partial charge in [0, 0.05) is 16.2 Å². The van der Waals surface area contributed by atoms with Gasteiger partial charge in [-0.3, -0.25) is 0 Å². The Labute approximate surface area is 97.4 Å². The maximum absolute atomic E-state index is 5.78. The maximum atomic E-state index is 5.78. The summed E-state index contributed by atoms with van der Waals surface area (Å²) in [6.07, 6.45) is 2.01. The molecule has 0 unspecified atom stereocenters. The molecular weight excluding hydrogens is 271 g/mol. The van der Waals surface area contributed by atoms with E-state index in [1.54, 1.807) is 0 Å². The number of hydrogen-bond donors (Lipinski definition) is 0. The van der Waals surface area contributed by atoms with Crippen molar-refractivity contribution in [1.29, 1.82) is 0 Å². The number of benzene rings is 1. The molecule has 13 heavy (non-hydrogen) atoms. The van der Waals surface area contributed by atoms with Gasteiger partial charge in [0.1, 0.15) is 0 Å². The van der Waals surface area contributed by atoms with E-state index in [1.807, 2.05) is 12.1 Å². The Kier molecular flexibility index (Phi) is 5.15. The second kappa shape index (κ2) is 5.90. The van der Waals surface area contributed by atoms with E-state index in [-0.39, 0.29) is 0 Å². The molecule has 0 saturated heterocycles. The monoisotopic (exact) mass is 280 g/mol. The summed E-state index contributed by atoms with van der Waals surface area (Å²) in [5.41, 5.74) is 2.44. The summed E-state index contributed by atoms with van der Waals surface area (Å²) in [5.74, 6) is 1.26. The lowest BCUT2D eigenvalue weighted by Crippen LogP contribution is -1.91. The number of halogens is 3. The summed E-state index contributed by atoms with van der Waals surface area (Å²) in [5, 5.41) is 0. The highest BCUT2D eigenvalue weighted by atomic mass is 79.9. The second-order valence-electron chi connectivity index (χ2n) is 2.82. The summed E-state index contributed by atoms with van der Waals surface area (Å²) in [6.45, 7) is 0. The van der Waals surface area contributed by atoms with Crippen molar-refractivity contribution >= 4 is 39.1 Å². The van der Waals surface area contributed by atoms with Crippen LogP contribution < -0.4 is 0 Å². The molecule has 3 heteroatoms. The number of hydrogen-bond acceptors (Lipinski definition) is 0.